The highest BCUT2D eigenvalue weighted by molar-refractivity contribution is 7.74. The van der Waals surface area contributed by atoms with Crippen molar-refractivity contribution in [3.63, 3.8) is 0 Å². The molecule has 4 rings (SSSR count). The van der Waals surface area contributed by atoms with Crippen LogP contribution in [0.2, 0.25) is 0 Å². The first-order valence-electron chi connectivity index (χ1n) is 13.0. The Balaban J connectivity index is 1.81. The van der Waals surface area contributed by atoms with Gasteiger partial charge in [-0.25, -0.2) is 21.9 Å². The highest BCUT2D eigenvalue weighted by Crippen LogP contribution is 2.39. The molecule has 1 unspecified atom stereocenters. The number of aliphatic carboxylic acids is 1. The molecule has 0 saturated heterocycles. The summed E-state index contributed by atoms with van der Waals surface area (Å²) >= 11 is 0. The van der Waals surface area contributed by atoms with Gasteiger partial charge in [0, 0.05) is 36.2 Å². The molecule has 0 aliphatic heterocycles. The van der Waals surface area contributed by atoms with E-state index in [0.717, 1.165) is 5.56 Å². The van der Waals surface area contributed by atoms with Crippen molar-refractivity contribution < 1.29 is 37.0 Å². The first kappa shape index (κ1) is 30.5. The lowest BCUT2D eigenvalue weighted by atomic mass is 10.0. The van der Waals surface area contributed by atoms with E-state index in [9.17, 15) is 27.5 Å². The predicted molar refractivity (Wildman–Crippen MR) is 159 cm³/mol. The molecule has 220 valence electrons. The van der Waals surface area contributed by atoms with E-state index in [2.05, 4.69) is 0 Å². The molecule has 0 radical (unpaired) electrons. The highest BCUT2D eigenvalue weighted by atomic mass is 32.2. The summed E-state index contributed by atoms with van der Waals surface area (Å²) in [6.45, 7) is 2.10. The zero-order valence-electron chi connectivity index (χ0n) is 23.3. The van der Waals surface area contributed by atoms with Crippen LogP contribution in [0.5, 0.6) is 0 Å². The number of carbonyl (C=O) groups is 2. The molecule has 9 nitrogen and oxygen atoms in total. The molecule has 11 heteroatoms. The number of rotatable bonds is 12. The molecule has 0 aromatic heterocycles. The summed E-state index contributed by atoms with van der Waals surface area (Å²) in [5.74, 6) is -1.92. The van der Waals surface area contributed by atoms with Crippen LogP contribution in [0, 0.1) is 5.82 Å². The topological polar surface area (TPSA) is 113 Å². The monoisotopic (exact) mass is 594 g/mol. The maximum Gasteiger partial charge on any atom is 0.339 e. The number of carboxylic acid groups (broad SMARTS) is 1. The molecular weight excluding hydrogens is 563 g/mol. The van der Waals surface area contributed by atoms with Gasteiger partial charge < -0.3 is 19.5 Å². The minimum Gasteiger partial charge on any atom is -0.481 e. The zero-order valence-corrected chi connectivity index (χ0v) is 24.2. The van der Waals surface area contributed by atoms with Crippen LogP contribution in [0.3, 0.4) is 0 Å². The maximum absolute atomic E-state index is 13.6. The van der Waals surface area contributed by atoms with Gasteiger partial charge in [0.1, 0.15) is 5.82 Å². The third-order valence-corrected chi connectivity index (χ3v) is 7.71. The Bertz CT molecular complexity index is 1630. The van der Waals surface area contributed by atoms with Crippen LogP contribution in [0.4, 0.5) is 21.5 Å². The fourth-order valence-corrected chi connectivity index (χ4v) is 5.59. The van der Waals surface area contributed by atoms with Gasteiger partial charge in [0.15, 0.2) is 6.10 Å². The van der Waals surface area contributed by atoms with E-state index in [1.807, 2.05) is 17.0 Å². The Morgan fingerprint density at radius 3 is 2.02 bits per heavy atom. The van der Waals surface area contributed by atoms with E-state index < -0.39 is 35.0 Å². The fraction of sp³-hybridized carbons (Fsp3) is 0.226. The zero-order chi connectivity index (χ0) is 30.4. The number of benzene rings is 4. The SMILES string of the molecule is COC(=O)C(OC)c1ccc(N(c2ccc(N(Cc3ccc(F)cc3)[C@@H](C)CC(=O)O)c3ccccc23)[SH](=O)=O)cc1. The van der Waals surface area contributed by atoms with E-state index in [1.54, 1.807) is 67.6 Å². The summed E-state index contributed by atoms with van der Waals surface area (Å²) in [4.78, 5) is 25.6. The van der Waals surface area contributed by atoms with Crippen LogP contribution in [0.25, 0.3) is 10.8 Å². The van der Waals surface area contributed by atoms with Crippen molar-refractivity contribution in [2.75, 3.05) is 23.4 Å². The van der Waals surface area contributed by atoms with Crippen LogP contribution < -0.4 is 9.21 Å². The number of esters is 1. The Morgan fingerprint density at radius 2 is 1.48 bits per heavy atom. The summed E-state index contributed by atoms with van der Waals surface area (Å²) < 4.78 is 50.1. The maximum atomic E-state index is 13.6. The van der Waals surface area contributed by atoms with Gasteiger partial charge in [0.05, 0.1) is 24.9 Å². The number of anilines is 3. The molecule has 0 spiro atoms. The van der Waals surface area contributed by atoms with Crippen molar-refractivity contribution >= 4 is 50.7 Å². The Labute approximate surface area is 244 Å². The van der Waals surface area contributed by atoms with Crippen LogP contribution in [-0.2, 0) is 36.5 Å². The Kier molecular flexibility index (Phi) is 9.76. The molecule has 1 N–H and O–H groups in total. The number of ether oxygens (including phenoxy) is 2. The van der Waals surface area contributed by atoms with Crippen molar-refractivity contribution in [3.8, 4) is 0 Å². The third kappa shape index (κ3) is 6.69. The smallest absolute Gasteiger partial charge is 0.339 e. The number of methoxy groups -OCH3 is 2. The molecule has 0 amide bonds. The molecule has 4 aromatic rings. The molecule has 4 aromatic carbocycles. The van der Waals surface area contributed by atoms with Gasteiger partial charge in [0.25, 0.3) is 0 Å². The highest BCUT2D eigenvalue weighted by Gasteiger charge is 2.24. The van der Waals surface area contributed by atoms with Crippen LogP contribution in [-0.4, -0.2) is 45.7 Å². The molecule has 0 aliphatic carbocycles. The summed E-state index contributed by atoms with van der Waals surface area (Å²) in [7, 11) is -0.512. The average molecular weight is 595 g/mol. The Hall–Kier alpha value is -4.48. The van der Waals surface area contributed by atoms with Crippen LogP contribution >= 0.6 is 0 Å². The lowest BCUT2D eigenvalue weighted by molar-refractivity contribution is -0.152. The molecule has 42 heavy (non-hydrogen) atoms. The van der Waals surface area contributed by atoms with E-state index in [1.165, 1.54) is 30.7 Å². The largest absolute Gasteiger partial charge is 0.481 e. The molecular formula is C31H31FN2O7S. The van der Waals surface area contributed by atoms with Gasteiger partial charge in [-0.2, -0.15) is 0 Å². The third-order valence-electron chi connectivity index (χ3n) is 6.94. The van der Waals surface area contributed by atoms with Gasteiger partial charge in [-0.05, 0) is 54.4 Å². The van der Waals surface area contributed by atoms with Gasteiger partial charge in [-0.1, -0.05) is 48.5 Å². The molecule has 0 aliphatic rings. The second kappa shape index (κ2) is 13.5. The fourth-order valence-electron chi connectivity index (χ4n) is 4.92. The average Bonchev–Trinajstić information content (AvgIpc) is 2.97. The normalized spacial score (nSPS) is 12.6. The van der Waals surface area contributed by atoms with Gasteiger partial charge in [-0.3, -0.25) is 4.79 Å². The number of hydrogen-bond acceptors (Lipinski definition) is 7. The molecule has 0 saturated carbocycles. The van der Waals surface area contributed by atoms with Crippen molar-refractivity contribution in [1.82, 2.24) is 0 Å². The number of fused-ring (bicyclic) bond motifs is 1. The van der Waals surface area contributed by atoms with Crippen LogP contribution in [0.15, 0.2) is 84.9 Å². The van der Waals surface area contributed by atoms with Crippen molar-refractivity contribution in [2.24, 2.45) is 0 Å². The van der Waals surface area contributed by atoms with E-state index in [0.29, 0.717) is 39.9 Å². The number of nitrogens with zero attached hydrogens (tertiary/aromatic N) is 2. The number of carbonyl (C=O) groups excluding carboxylic acids is 1. The van der Waals surface area contributed by atoms with E-state index in [4.69, 9.17) is 9.47 Å². The first-order chi connectivity index (χ1) is 20.1. The minimum absolute atomic E-state index is 0.143. The minimum atomic E-state index is -3.14. The molecule has 2 atom stereocenters. The second-order valence-electron chi connectivity index (χ2n) is 9.63. The number of halogens is 1. The molecule has 0 fully saturated rings. The lowest BCUT2D eigenvalue weighted by Crippen LogP contribution is -2.34. The second-order valence-corrected chi connectivity index (χ2v) is 10.5. The van der Waals surface area contributed by atoms with Crippen molar-refractivity contribution in [1.29, 1.82) is 0 Å². The molecule has 0 heterocycles. The quantitative estimate of drug-likeness (QED) is 0.166. The van der Waals surface area contributed by atoms with Crippen molar-refractivity contribution in [2.45, 2.75) is 32.0 Å². The van der Waals surface area contributed by atoms with E-state index in [-0.39, 0.29) is 12.2 Å². The number of thiol groups is 1. The lowest BCUT2D eigenvalue weighted by Gasteiger charge is -2.33. The number of carboxylic acids is 1. The standard InChI is InChI=1S/C31H31FN2O7S/c1-20(18-29(35)36)33(19-21-8-12-23(32)13-9-21)27-16-17-28(26-7-5-4-6-25(26)27)34(42(38)39)24-14-10-22(11-15-24)30(40-2)31(37)41-3/h4-17,20,30,42H,18-19H2,1-3H3,(H,35,36)/t20-,30?/m0/s1. The first-order valence-corrected chi connectivity index (χ1v) is 14.2. The van der Waals surface area contributed by atoms with Gasteiger partial charge >= 0.3 is 11.9 Å². The van der Waals surface area contributed by atoms with E-state index >= 15 is 0 Å². The Morgan fingerprint density at radius 1 is 0.881 bits per heavy atom. The van der Waals surface area contributed by atoms with Crippen molar-refractivity contribution in [3.05, 3.63) is 102 Å². The predicted octanol–water partition coefficient (Wildman–Crippen LogP) is 5.37. The van der Waals surface area contributed by atoms with Gasteiger partial charge in [0.2, 0.25) is 10.9 Å². The van der Waals surface area contributed by atoms with Gasteiger partial charge in [-0.15, -0.1) is 0 Å². The van der Waals surface area contributed by atoms with Crippen LogP contribution in [0.1, 0.15) is 30.6 Å². The summed E-state index contributed by atoms with van der Waals surface area (Å²) in [5.41, 5.74) is 2.72. The molecule has 0 bridgehead atoms. The number of hydrogen-bond donors (Lipinski definition) is 2. The summed E-state index contributed by atoms with van der Waals surface area (Å²) in [6, 6.07) is 22.6. The summed E-state index contributed by atoms with van der Waals surface area (Å²) in [5, 5.41) is 10.9. The summed E-state index contributed by atoms with van der Waals surface area (Å²) in [6.07, 6.45) is -1.10.